The molecule has 1 fully saturated rings. The Hall–Kier alpha value is -2.44. The van der Waals surface area contributed by atoms with E-state index in [2.05, 4.69) is 5.32 Å². The number of carbonyl (C=O) groups excluding carboxylic acids is 2. The summed E-state index contributed by atoms with van der Waals surface area (Å²) in [5.74, 6) is -0.357. The summed E-state index contributed by atoms with van der Waals surface area (Å²) in [6.45, 7) is 3.35. The van der Waals surface area contributed by atoms with E-state index < -0.39 is 10.8 Å². The third-order valence-corrected chi connectivity index (χ3v) is 3.83. The van der Waals surface area contributed by atoms with Gasteiger partial charge in [-0.15, -0.1) is 0 Å². The number of nitro benzene ring substituents is 1. The van der Waals surface area contributed by atoms with Crippen molar-refractivity contribution in [1.82, 2.24) is 10.2 Å². The number of carbonyl (C=O) groups is 2. The number of likely N-dealkylation sites (tertiary alicyclic amines) is 1. The van der Waals surface area contributed by atoms with E-state index in [0.717, 1.165) is 25.9 Å². The third-order valence-electron chi connectivity index (χ3n) is 3.83. The van der Waals surface area contributed by atoms with Crippen LogP contribution in [0.15, 0.2) is 18.2 Å². The average Bonchev–Trinajstić information content (AvgIpc) is 3.01. The SMILES string of the molecule is Cc1c(C(=O)NCCC(=O)N2CCCC2)cccc1[N+](=O)[O-]. The van der Waals surface area contributed by atoms with Crippen LogP contribution in [0.5, 0.6) is 0 Å². The minimum Gasteiger partial charge on any atom is -0.352 e. The molecule has 0 unspecified atom stereocenters. The lowest BCUT2D eigenvalue weighted by atomic mass is 10.1. The summed E-state index contributed by atoms with van der Waals surface area (Å²) in [6.07, 6.45) is 2.32. The van der Waals surface area contributed by atoms with Gasteiger partial charge in [0.25, 0.3) is 11.6 Å². The van der Waals surface area contributed by atoms with Crippen molar-refractivity contribution in [3.8, 4) is 0 Å². The van der Waals surface area contributed by atoms with Crippen LogP contribution in [0, 0.1) is 17.0 Å². The lowest BCUT2D eigenvalue weighted by molar-refractivity contribution is -0.385. The van der Waals surface area contributed by atoms with Crippen molar-refractivity contribution in [3.05, 3.63) is 39.4 Å². The zero-order valence-electron chi connectivity index (χ0n) is 12.5. The molecule has 0 saturated carbocycles. The molecule has 22 heavy (non-hydrogen) atoms. The highest BCUT2D eigenvalue weighted by atomic mass is 16.6. The van der Waals surface area contributed by atoms with Crippen LogP contribution in [0.3, 0.4) is 0 Å². The van der Waals surface area contributed by atoms with Crippen molar-refractivity contribution in [1.29, 1.82) is 0 Å². The first-order valence-electron chi connectivity index (χ1n) is 7.30. The molecule has 0 spiro atoms. The highest BCUT2D eigenvalue weighted by molar-refractivity contribution is 5.96. The zero-order valence-corrected chi connectivity index (χ0v) is 12.5. The molecule has 0 aromatic heterocycles. The van der Waals surface area contributed by atoms with E-state index in [4.69, 9.17) is 0 Å². The summed E-state index contributed by atoms with van der Waals surface area (Å²) >= 11 is 0. The minimum absolute atomic E-state index is 0.0357. The number of hydrogen-bond donors (Lipinski definition) is 1. The predicted octanol–water partition coefficient (Wildman–Crippen LogP) is 1.65. The van der Waals surface area contributed by atoms with Crippen molar-refractivity contribution in [2.24, 2.45) is 0 Å². The van der Waals surface area contributed by atoms with Crippen molar-refractivity contribution in [2.45, 2.75) is 26.2 Å². The van der Waals surface area contributed by atoms with E-state index in [0.29, 0.717) is 5.56 Å². The number of nitro groups is 1. The fourth-order valence-corrected chi connectivity index (χ4v) is 2.57. The van der Waals surface area contributed by atoms with Crippen LogP contribution in [-0.4, -0.2) is 41.3 Å². The molecule has 0 aliphatic carbocycles. The lowest BCUT2D eigenvalue weighted by Crippen LogP contribution is -2.32. The van der Waals surface area contributed by atoms with Gasteiger partial charge in [-0.25, -0.2) is 0 Å². The molecule has 1 aliphatic heterocycles. The first-order valence-corrected chi connectivity index (χ1v) is 7.30. The van der Waals surface area contributed by atoms with Gasteiger partial charge >= 0.3 is 0 Å². The number of rotatable bonds is 5. The predicted molar refractivity (Wildman–Crippen MR) is 80.6 cm³/mol. The fraction of sp³-hybridized carbons (Fsp3) is 0.467. The van der Waals surface area contributed by atoms with Crippen LogP contribution in [0.25, 0.3) is 0 Å². The summed E-state index contributed by atoms with van der Waals surface area (Å²) in [5, 5.41) is 13.5. The van der Waals surface area contributed by atoms with Gasteiger partial charge in [-0.05, 0) is 25.8 Å². The fourth-order valence-electron chi connectivity index (χ4n) is 2.57. The van der Waals surface area contributed by atoms with Gasteiger partial charge < -0.3 is 10.2 Å². The number of benzene rings is 1. The standard InChI is InChI=1S/C15H19N3O4/c1-11-12(5-4-6-13(11)18(21)22)15(20)16-8-7-14(19)17-9-2-3-10-17/h4-6H,2-3,7-10H2,1H3,(H,16,20). The highest BCUT2D eigenvalue weighted by Gasteiger charge is 2.19. The quantitative estimate of drug-likeness (QED) is 0.661. The molecule has 118 valence electrons. The van der Waals surface area contributed by atoms with Crippen LogP contribution in [0.2, 0.25) is 0 Å². The summed E-state index contributed by atoms with van der Waals surface area (Å²) < 4.78 is 0. The molecule has 0 bridgehead atoms. The van der Waals surface area contributed by atoms with Crippen molar-refractivity contribution in [2.75, 3.05) is 19.6 Å². The average molecular weight is 305 g/mol. The van der Waals surface area contributed by atoms with E-state index in [9.17, 15) is 19.7 Å². The second-order valence-corrected chi connectivity index (χ2v) is 5.30. The Morgan fingerprint density at radius 2 is 2.00 bits per heavy atom. The number of amides is 2. The van der Waals surface area contributed by atoms with Crippen LogP contribution in [0.4, 0.5) is 5.69 Å². The van der Waals surface area contributed by atoms with Crippen LogP contribution >= 0.6 is 0 Å². The van der Waals surface area contributed by atoms with Gasteiger partial charge in [0.2, 0.25) is 5.91 Å². The van der Waals surface area contributed by atoms with Gasteiger partial charge in [0.05, 0.1) is 4.92 Å². The Morgan fingerprint density at radius 1 is 1.32 bits per heavy atom. The monoisotopic (exact) mass is 305 g/mol. The molecule has 1 aliphatic rings. The normalized spacial score (nSPS) is 14.0. The maximum atomic E-state index is 12.1. The van der Waals surface area contributed by atoms with E-state index >= 15 is 0 Å². The third kappa shape index (κ3) is 3.60. The Morgan fingerprint density at radius 3 is 2.64 bits per heavy atom. The van der Waals surface area contributed by atoms with Gasteiger partial charge in [0, 0.05) is 43.2 Å². The lowest BCUT2D eigenvalue weighted by Gasteiger charge is -2.15. The molecule has 7 heteroatoms. The summed E-state index contributed by atoms with van der Waals surface area (Å²) in [7, 11) is 0. The molecule has 2 amide bonds. The Bertz CT molecular complexity index is 594. The van der Waals surface area contributed by atoms with Crippen molar-refractivity contribution < 1.29 is 14.5 Å². The van der Waals surface area contributed by atoms with Crippen LogP contribution < -0.4 is 5.32 Å². The van der Waals surface area contributed by atoms with Gasteiger partial charge in [-0.1, -0.05) is 6.07 Å². The second-order valence-electron chi connectivity index (χ2n) is 5.30. The number of hydrogen-bond acceptors (Lipinski definition) is 4. The maximum absolute atomic E-state index is 12.1. The Labute approximate surface area is 128 Å². The zero-order chi connectivity index (χ0) is 16.1. The van der Waals surface area contributed by atoms with Gasteiger partial charge in [-0.2, -0.15) is 0 Å². The first kappa shape index (κ1) is 15.9. The first-order chi connectivity index (χ1) is 10.5. The molecule has 1 heterocycles. The Balaban J connectivity index is 1.91. The molecule has 1 aromatic carbocycles. The molecular formula is C15H19N3O4. The smallest absolute Gasteiger partial charge is 0.273 e. The van der Waals surface area contributed by atoms with E-state index in [-0.39, 0.29) is 30.1 Å². The van der Waals surface area contributed by atoms with Gasteiger partial charge in [0.1, 0.15) is 0 Å². The van der Waals surface area contributed by atoms with Crippen molar-refractivity contribution >= 4 is 17.5 Å². The number of nitrogens with one attached hydrogen (secondary N) is 1. The van der Waals surface area contributed by atoms with Crippen LogP contribution in [0.1, 0.15) is 35.2 Å². The van der Waals surface area contributed by atoms with E-state index in [1.54, 1.807) is 17.9 Å². The molecule has 1 aromatic rings. The molecule has 1 saturated heterocycles. The topological polar surface area (TPSA) is 92.6 Å². The summed E-state index contributed by atoms with van der Waals surface area (Å²) in [5.41, 5.74) is 0.513. The van der Waals surface area contributed by atoms with E-state index in [1.807, 2.05) is 0 Å². The van der Waals surface area contributed by atoms with Crippen LogP contribution in [-0.2, 0) is 4.79 Å². The molecule has 7 nitrogen and oxygen atoms in total. The summed E-state index contributed by atoms with van der Waals surface area (Å²) in [6, 6.07) is 4.39. The second kappa shape index (κ2) is 7.02. The number of nitrogens with zero attached hydrogens (tertiary/aromatic N) is 2. The van der Waals surface area contributed by atoms with Gasteiger partial charge in [-0.3, -0.25) is 19.7 Å². The van der Waals surface area contributed by atoms with Gasteiger partial charge in [0.15, 0.2) is 0 Å². The Kier molecular flexibility index (Phi) is 5.08. The minimum atomic E-state index is -0.511. The van der Waals surface area contributed by atoms with Crippen molar-refractivity contribution in [3.63, 3.8) is 0 Å². The van der Waals surface area contributed by atoms with E-state index in [1.165, 1.54) is 12.1 Å². The summed E-state index contributed by atoms with van der Waals surface area (Å²) in [4.78, 5) is 36.1. The molecular weight excluding hydrogens is 286 g/mol. The highest BCUT2D eigenvalue weighted by Crippen LogP contribution is 2.20. The molecule has 0 radical (unpaired) electrons. The molecule has 2 rings (SSSR count). The molecule has 0 atom stereocenters. The largest absolute Gasteiger partial charge is 0.352 e. The molecule has 1 N–H and O–H groups in total. The maximum Gasteiger partial charge on any atom is 0.273 e.